The molecule has 2 aliphatic heterocycles. The van der Waals surface area contributed by atoms with Crippen molar-refractivity contribution >= 4 is 39.2 Å². The fraction of sp³-hybridized carbons (Fsp3) is 0.519. The van der Waals surface area contributed by atoms with Crippen LogP contribution in [-0.2, 0) is 11.8 Å². The van der Waals surface area contributed by atoms with E-state index < -0.39 is 0 Å². The summed E-state index contributed by atoms with van der Waals surface area (Å²) in [6, 6.07) is 14.2. The van der Waals surface area contributed by atoms with Gasteiger partial charge < -0.3 is 20.2 Å². The molecule has 0 aromatic heterocycles. The predicted octanol–water partition coefficient (Wildman–Crippen LogP) is 5.69. The Kier molecular flexibility index (Phi) is 7.22. The van der Waals surface area contributed by atoms with Crippen LogP contribution >= 0.6 is 27.5 Å². The van der Waals surface area contributed by atoms with Gasteiger partial charge in [0.15, 0.2) is 0 Å². The zero-order valence-electron chi connectivity index (χ0n) is 19.5. The third-order valence-electron chi connectivity index (χ3n) is 8.26. The van der Waals surface area contributed by atoms with Gasteiger partial charge in [0.25, 0.3) is 0 Å². The van der Waals surface area contributed by atoms with Crippen molar-refractivity contribution in [3.8, 4) is 0 Å². The molecule has 3 aliphatic rings. The van der Waals surface area contributed by atoms with Gasteiger partial charge in [0.1, 0.15) is 0 Å². The molecular weight excluding hydrogens is 514 g/mol. The maximum Gasteiger partial charge on any atom is 0.321 e. The Morgan fingerprint density at radius 3 is 2.59 bits per heavy atom. The van der Waals surface area contributed by atoms with E-state index in [-0.39, 0.29) is 18.1 Å². The summed E-state index contributed by atoms with van der Waals surface area (Å²) in [5.41, 5.74) is 4.19. The molecular formula is C27H33BrClN3O2. The number of fused-ring (bicyclic) bond motifs is 2. The number of piperidine rings is 2. The number of likely N-dealkylation sites (tertiary alicyclic amines) is 2. The van der Waals surface area contributed by atoms with Crippen LogP contribution in [0.25, 0.3) is 0 Å². The Balaban J connectivity index is 1.08. The Morgan fingerprint density at radius 2 is 1.85 bits per heavy atom. The van der Waals surface area contributed by atoms with Crippen molar-refractivity contribution in [1.82, 2.24) is 9.80 Å². The Morgan fingerprint density at radius 1 is 1.12 bits per heavy atom. The molecule has 2 aromatic carbocycles. The summed E-state index contributed by atoms with van der Waals surface area (Å²) in [5, 5.41) is 14.5. The van der Waals surface area contributed by atoms with Crippen LogP contribution in [-0.4, -0.2) is 59.8 Å². The van der Waals surface area contributed by atoms with Crippen molar-refractivity contribution < 1.29 is 9.90 Å². The SMILES string of the molecule is O=C(Nc1ccc(Cl)c(Br)c1)N1CCC(C(O)CN2CCC3(CCc4ccccc43)CC2)CC1. The van der Waals surface area contributed by atoms with Crippen LogP contribution in [0.3, 0.4) is 0 Å². The summed E-state index contributed by atoms with van der Waals surface area (Å²) in [7, 11) is 0. The third-order valence-corrected chi connectivity index (χ3v) is 9.48. The lowest BCUT2D eigenvalue weighted by Gasteiger charge is -2.42. The standard InChI is InChI=1S/C27H33BrClN3O2/c28-23-17-21(5-6-24(23)29)30-26(34)32-13-8-20(9-14-32)25(33)18-31-15-11-27(12-16-31)10-7-19-3-1-2-4-22(19)27/h1-6,17,20,25,33H,7-16,18H2,(H,30,34). The van der Waals surface area contributed by atoms with Crippen molar-refractivity contribution in [2.75, 3.05) is 38.0 Å². The number of β-amino-alcohol motifs (C(OH)–C–C–N with tert-alkyl or cyclic N) is 1. The number of nitrogens with zero attached hydrogens (tertiary/aromatic N) is 2. The summed E-state index contributed by atoms with van der Waals surface area (Å²) >= 11 is 9.43. The van der Waals surface area contributed by atoms with Gasteiger partial charge in [-0.05, 0) is 108 Å². The van der Waals surface area contributed by atoms with E-state index >= 15 is 0 Å². The second-order valence-corrected chi connectivity index (χ2v) is 11.5. The molecule has 0 bridgehead atoms. The normalized spacial score (nSPS) is 21.4. The highest BCUT2D eigenvalue weighted by molar-refractivity contribution is 9.10. The fourth-order valence-corrected chi connectivity index (χ4v) is 6.62. The van der Waals surface area contributed by atoms with Gasteiger partial charge in [-0.2, -0.15) is 0 Å². The number of nitrogens with one attached hydrogen (secondary N) is 1. The zero-order chi connectivity index (χ0) is 23.7. The molecule has 5 rings (SSSR count). The molecule has 0 radical (unpaired) electrons. The highest BCUT2D eigenvalue weighted by Crippen LogP contribution is 2.46. The molecule has 182 valence electrons. The van der Waals surface area contributed by atoms with E-state index in [9.17, 15) is 9.90 Å². The van der Waals surface area contributed by atoms with Crippen molar-refractivity contribution in [3.05, 3.63) is 63.1 Å². The minimum atomic E-state index is -0.331. The lowest BCUT2D eigenvalue weighted by Crippen LogP contribution is -2.48. The minimum absolute atomic E-state index is 0.0969. The lowest BCUT2D eigenvalue weighted by molar-refractivity contribution is 0.0254. The number of halogens is 2. The van der Waals surface area contributed by atoms with E-state index in [1.807, 2.05) is 11.0 Å². The topological polar surface area (TPSA) is 55.8 Å². The molecule has 0 saturated carbocycles. The van der Waals surface area contributed by atoms with E-state index in [0.717, 1.165) is 42.6 Å². The van der Waals surface area contributed by atoms with Gasteiger partial charge in [-0.1, -0.05) is 35.9 Å². The maximum absolute atomic E-state index is 12.7. The molecule has 1 atom stereocenters. The van der Waals surface area contributed by atoms with Crippen LogP contribution in [0.5, 0.6) is 0 Å². The van der Waals surface area contributed by atoms with Gasteiger partial charge in [0.05, 0.1) is 11.1 Å². The average molecular weight is 547 g/mol. The van der Waals surface area contributed by atoms with Crippen molar-refractivity contribution in [1.29, 1.82) is 0 Å². The number of benzene rings is 2. The number of carbonyl (C=O) groups excluding carboxylic acids is 1. The van der Waals surface area contributed by atoms with Gasteiger partial charge in [0, 0.05) is 29.8 Å². The molecule has 2 N–H and O–H groups in total. The molecule has 5 nitrogen and oxygen atoms in total. The van der Waals surface area contributed by atoms with Gasteiger partial charge in [-0.25, -0.2) is 4.79 Å². The first kappa shape index (κ1) is 24.1. The number of urea groups is 1. The van der Waals surface area contributed by atoms with Gasteiger partial charge in [0.2, 0.25) is 0 Å². The average Bonchev–Trinajstić information content (AvgIpc) is 3.21. The van der Waals surface area contributed by atoms with E-state index in [1.54, 1.807) is 17.7 Å². The van der Waals surface area contributed by atoms with E-state index in [2.05, 4.69) is 50.4 Å². The van der Waals surface area contributed by atoms with Crippen LogP contribution in [0.15, 0.2) is 46.9 Å². The highest BCUT2D eigenvalue weighted by atomic mass is 79.9. The summed E-state index contributed by atoms with van der Waals surface area (Å²) < 4.78 is 0.759. The van der Waals surface area contributed by atoms with Gasteiger partial charge >= 0.3 is 6.03 Å². The molecule has 2 saturated heterocycles. The Labute approximate surface area is 215 Å². The number of aryl methyl sites for hydroxylation is 1. The van der Waals surface area contributed by atoms with Crippen LogP contribution < -0.4 is 5.32 Å². The number of hydrogen-bond acceptors (Lipinski definition) is 3. The second-order valence-electron chi connectivity index (χ2n) is 10.2. The first-order valence-corrected chi connectivity index (χ1v) is 13.6. The van der Waals surface area contributed by atoms with Crippen LogP contribution in [0.2, 0.25) is 5.02 Å². The van der Waals surface area contributed by atoms with Gasteiger partial charge in [-0.15, -0.1) is 0 Å². The Hall–Kier alpha value is -1.60. The summed E-state index contributed by atoms with van der Waals surface area (Å²) in [5.74, 6) is 0.247. The molecule has 1 unspecified atom stereocenters. The monoisotopic (exact) mass is 545 g/mol. The predicted molar refractivity (Wildman–Crippen MR) is 141 cm³/mol. The third kappa shape index (κ3) is 5.01. The number of rotatable bonds is 4. The summed E-state index contributed by atoms with van der Waals surface area (Å²) in [4.78, 5) is 17.0. The zero-order valence-corrected chi connectivity index (χ0v) is 21.8. The first-order chi connectivity index (χ1) is 16.4. The number of anilines is 1. The van der Waals surface area contributed by atoms with Crippen LogP contribution in [0.1, 0.15) is 43.2 Å². The molecule has 34 heavy (non-hydrogen) atoms. The smallest absolute Gasteiger partial charge is 0.321 e. The fourth-order valence-electron chi connectivity index (χ4n) is 6.12. The molecule has 2 amide bonds. The molecule has 7 heteroatoms. The van der Waals surface area contributed by atoms with E-state index in [0.29, 0.717) is 23.5 Å². The van der Waals surface area contributed by atoms with Crippen molar-refractivity contribution in [2.24, 2.45) is 5.92 Å². The lowest BCUT2D eigenvalue weighted by atomic mass is 9.73. The van der Waals surface area contributed by atoms with E-state index in [1.165, 1.54) is 31.2 Å². The number of hydrogen-bond donors (Lipinski definition) is 2. The molecule has 2 heterocycles. The van der Waals surface area contributed by atoms with Crippen LogP contribution in [0.4, 0.5) is 10.5 Å². The van der Waals surface area contributed by atoms with Gasteiger partial charge in [-0.3, -0.25) is 0 Å². The maximum atomic E-state index is 12.7. The number of aliphatic hydroxyl groups excluding tert-OH is 1. The molecule has 1 aliphatic carbocycles. The van der Waals surface area contributed by atoms with E-state index in [4.69, 9.17) is 11.6 Å². The summed E-state index contributed by atoms with van der Waals surface area (Å²) in [6.07, 6.45) is 6.21. The number of amides is 2. The van der Waals surface area contributed by atoms with Crippen LogP contribution in [0, 0.1) is 5.92 Å². The first-order valence-electron chi connectivity index (χ1n) is 12.4. The molecule has 1 spiro atoms. The molecule has 2 fully saturated rings. The highest BCUT2D eigenvalue weighted by Gasteiger charge is 2.41. The minimum Gasteiger partial charge on any atom is -0.392 e. The second kappa shape index (κ2) is 10.2. The summed E-state index contributed by atoms with van der Waals surface area (Å²) in [6.45, 7) is 4.20. The molecule has 2 aromatic rings. The number of carbonyl (C=O) groups is 1. The number of aliphatic hydroxyl groups is 1. The largest absolute Gasteiger partial charge is 0.392 e. The quantitative estimate of drug-likeness (QED) is 0.518. The van der Waals surface area contributed by atoms with Crippen molar-refractivity contribution in [3.63, 3.8) is 0 Å². The Bertz CT molecular complexity index is 1030. The van der Waals surface area contributed by atoms with Crippen molar-refractivity contribution in [2.45, 2.75) is 50.0 Å².